The zero-order valence-corrected chi connectivity index (χ0v) is 16.7. The molecule has 27 heavy (non-hydrogen) atoms. The lowest BCUT2D eigenvalue weighted by Crippen LogP contribution is -2.27. The maximum atomic E-state index is 12.5. The fourth-order valence-electron chi connectivity index (χ4n) is 3.86. The van der Waals surface area contributed by atoms with Gasteiger partial charge in [0.25, 0.3) is 0 Å². The molecule has 0 saturated carbocycles. The first-order chi connectivity index (χ1) is 12.7. The normalized spacial score (nSPS) is 16.0. The summed E-state index contributed by atoms with van der Waals surface area (Å²) in [5.74, 6) is 1.14. The molecule has 0 spiro atoms. The Morgan fingerprint density at radius 1 is 1.33 bits per heavy atom. The number of rotatable bonds is 5. The summed E-state index contributed by atoms with van der Waals surface area (Å²) in [4.78, 5) is 14.3. The zero-order chi connectivity index (χ0) is 17.9. The second-order valence-electron chi connectivity index (χ2n) is 7.37. The summed E-state index contributed by atoms with van der Waals surface area (Å²) in [7, 11) is 1.85. The lowest BCUT2D eigenvalue weighted by atomic mass is 9.96. The molecule has 0 saturated heterocycles. The highest BCUT2D eigenvalue weighted by atomic mass is 35.5. The van der Waals surface area contributed by atoms with Crippen LogP contribution in [0.4, 0.5) is 0 Å². The van der Waals surface area contributed by atoms with Crippen LogP contribution in [-0.2, 0) is 43.7 Å². The maximum absolute atomic E-state index is 12.5. The van der Waals surface area contributed by atoms with Crippen molar-refractivity contribution < 1.29 is 9.32 Å². The Morgan fingerprint density at radius 2 is 2.19 bits per heavy atom. The van der Waals surface area contributed by atoms with E-state index in [2.05, 4.69) is 26.3 Å². The minimum atomic E-state index is 0. The van der Waals surface area contributed by atoms with Crippen molar-refractivity contribution in [3.8, 4) is 0 Å². The van der Waals surface area contributed by atoms with E-state index < -0.39 is 0 Å². The Kier molecular flexibility index (Phi) is 6.55. The quantitative estimate of drug-likeness (QED) is 0.843. The molecule has 0 aromatic carbocycles. The Morgan fingerprint density at radius 3 is 3.07 bits per heavy atom. The number of aryl methyl sites for hydroxylation is 3. The summed E-state index contributed by atoms with van der Waals surface area (Å²) < 4.78 is 7.52. The number of hydrogen-bond donors (Lipinski definition) is 1. The first kappa shape index (κ1) is 19.9. The van der Waals surface area contributed by atoms with E-state index in [4.69, 9.17) is 4.52 Å². The summed E-state index contributed by atoms with van der Waals surface area (Å²) in [6.07, 6.45) is 6.59. The second-order valence-corrected chi connectivity index (χ2v) is 7.37. The van der Waals surface area contributed by atoms with Crippen LogP contribution >= 0.6 is 12.4 Å². The molecule has 0 radical (unpaired) electrons. The molecule has 148 valence electrons. The van der Waals surface area contributed by atoms with E-state index in [9.17, 15) is 4.79 Å². The van der Waals surface area contributed by atoms with Gasteiger partial charge in [-0.1, -0.05) is 5.16 Å². The molecule has 1 aliphatic heterocycles. The molecule has 2 aromatic rings. The Hall–Kier alpha value is -1.86. The third-order valence-electron chi connectivity index (χ3n) is 5.38. The second kappa shape index (κ2) is 8.89. The van der Waals surface area contributed by atoms with Crippen LogP contribution in [-0.4, -0.2) is 39.3 Å². The van der Waals surface area contributed by atoms with Gasteiger partial charge in [0.2, 0.25) is 5.91 Å². The van der Waals surface area contributed by atoms with Crippen molar-refractivity contribution in [3.63, 3.8) is 0 Å². The third kappa shape index (κ3) is 4.52. The predicted molar refractivity (Wildman–Crippen MR) is 104 cm³/mol. The Labute approximate surface area is 165 Å². The van der Waals surface area contributed by atoms with Crippen molar-refractivity contribution in [1.82, 2.24) is 25.2 Å². The van der Waals surface area contributed by atoms with Gasteiger partial charge in [-0.05, 0) is 38.3 Å². The molecule has 1 amide bonds. The topological polar surface area (TPSA) is 76.2 Å². The van der Waals surface area contributed by atoms with Crippen LogP contribution < -0.4 is 5.32 Å². The number of carbonyl (C=O) groups is 1. The van der Waals surface area contributed by atoms with Crippen molar-refractivity contribution in [2.45, 2.75) is 64.6 Å². The van der Waals surface area contributed by atoms with Gasteiger partial charge < -0.3 is 14.7 Å². The molecule has 2 aliphatic rings. The van der Waals surface area contributed by atoms with E-state index in [1.807, 2.05) is 7.05 Å². The van der Waals surface area contributed by atoms with Crippen LogP contribution in [0, 0.1) is 0 Å². The van der Waals surface area contributed by atoms with Crippen LogP contribution in [0.2, 0.25) is 0 Å². The summed E-state index contributed by atoms with van der Waals surface area (Å²) in [5.41, 5.74) is 4.37. The molecule has 3 heterocycles. The maximum Gasteiger partial charge on any atom is 0.223 e. The van der Waals surface area contributed by atoms with E-state index >= 15 is 0 Å². The molecule has 1 aliphatic carbocycles. The first-order valence-corrected chi connectivity index (χ1v) is 9.67. The average molecular weight is 394 g/mol. The summed E-state index contributed by atoms with van der Waals surface area (Å²) in [6.45, 7) is 3.38. The fraction of sp³-hybridized carbons (Fsp3) is 0.632. The van der Waals surface area contributed by atoms with E-state index in [0.717, 1.165) is 56.0 Å². The number of hydrogen-bond acceptors (Lipinski definition) is 5. The van der Waals surface area contributed by atoms with Gasteiger partial charge in [-0.3, -0.25) is 9.48 Å². The van der Waals surface area contributed by atoms with E-state index in [1.54, 1.807) is 4.90 Å². The highest BCUT2D eigenvalue weighted by molar-refractivity contribution is 5.85. The summed E-state index contributed by atoms with van der Waals surface area (Å²) in [5, 5.41) is 12.3. The molecular weight excluding hydrogens is 366 g/mol. The smallest absolute Gasteiger partial charge is 0.223 e. The highest BCUT2D eigenvalue weighted by Crippen LogP contribution is 2.25. The number of carbonyl (C=O) groups excluding carboxylic acids is 1. The van der Waals surface area contributed by atoms with Crippen LogP contribution in [0.15, 0.2) is 10.6 Å². The standard InChI is InChI=1S/C19H27N5O2.ClH/c1-23(13-17-16-5-2-3-6-18(16)26-22-17)19(25)8-7-14-11-15-12-20-9-4-10-24(15)21-14;/h11,20H,2-10,12-13H2,1H3;1H. The fourth-order valence-corrected chi connectivity index (χ4v) is 3.86. The number of halogens is 1. The van der Waals surface area contributed by atoms with Crippen LogP contribution in [0.1, 0.15) is 54.1 Å². The van der Waals surface area contributed by atoms with E-state index in [0.29, 0.717) is 19.4 Å². The molecule has 7 nitrogen and oxygen atoms in total. The monoisotopic (exact) mass is 393 g/mol. The molecule has 0 unspecified atom stereocenters. The van der Waals surface area contributed by atoms with Crippen molar-refractivity contribution in [1.29, 1.82) is 0 Å². The number of aromatic nitrogens is 3. The van der Waals surface area contributed by atoms with Gasteiger partial charge in [0.1, 0.15) is 11.5 Å². The van der Waals surface area contributed by atoms with Gasteiger partial charge in [0.05, 0.1) is 17.9 Å². The minimum Gasteiger partial charge on any atom is -0.361 e. The Balaban J connectivity index is 0.00000210. The number of amides is 1. The van der Waals surface area contributed by atoms with Crippen LogP contribution in [0.3, 0.4) is 0 Å². The van der Waals surface area contributed by atoms with E-state index in [-0.39, 0.29) is 18.3 Å². The van der Waals surface area contributed by atoms with Crippen molar-refractivity contribution in [2.75, 3.05) is 13.6 Å². The number of nitrogens with one attached hydrogen (secondary N) is 1. The highest BCUT2D eigenvalue weighted by Gasteiger charge is 2.21. The minimum absolute atomic E-state index is 0. The van der Waals surface area contributed by atoms with E-state index in [1.165, 1.54) is 24.1 Å². The zero-order valence-electron chi connectivity index (χ0n) is 15.9. The van der Waals surface area contributed by atoms with Gasteiger partial charge in [-0.15, -0.1) is 12.4 Å². The molecule has 2 aromatic heterocycles. The van der Waals surface area contributed by atoms with Gasteiger partial charge in [0.15, 0.2) is 0 Å². The van der Waals surface area contributed by atoms with Crippen LogP contribution in [0.5, 0.6) is 0 Å². The molecule has 1 N–H and O–H groups in total. The largest absolute Gasteiger partial charge is 0.361 e. The molecule has 4 rings (SSSR count). The van der Waals surface area contributed by atoms with Gasteiger partial charge in [-0.25, -0.2) is 0 Å². The lowest BCUT2D eigenvalue weighted by Gasteiger charge is -2.17. The van der Waals surface area contributed by atoms with Crippen molar-refractivity contribution in [2.24, 2.45) is 0 Å². The average Bonchev–Trinajstić information content (AvgIpc) is 3.17. The predicted octanol–water partition coefficient (Wildman–Crippen LogP) is 2.26. The van der Waals surface area contributed by atoms with Crippen molar-refractivity contribution in [3.05, 3.63) is 34.5 Å². The molecule has 0 fully saturated rings. The molecule has 8 heteroatoms. The summed E-state index contributed by atoms with van der Waals surface area (Å²) >= 11 is 0. The molecule has 0 atom stereocenters. The number of fused-ring (bicyclic) bond motifs is 2. The molecular formula is C19H28ClN5O2. The lowest BCUT2D eigenvalue weighted by molar-refractivity contribution is -0.130. The molecule has 0 bridgehead atoms. The van der Waals surface area contributed by atoms with Gasteiger partial charge in [0, 0.05) is 45.0 Å². The van der Waals surface area contributed by atoms with Gasteiger partial charge >= 0.3 is 0 Å². The summed E-state index contributed by atoms with van der Waals surface area (Å²) in [6, 6.07) is 2.12. The van der Waals surface area contributed by atoms with Crippen LogP contribution in [0.25, 0.3) is 0 Å². The number of nitrogens with zero attached hydrogens (tertiary/aromatic N) is 4. The van der Waals surface area contributed by atoms with Crippen molar-refractivity contribution >= 4 is 18.3 Å². The third-order valence-corrected chi connectivity index (χ3v) is 5.38. The Bertz CT molecular complexity index is 762. The SMILES string of the molecule is CN(Cc1noc2c1CCCC2)C(=O)CCc1cc2n(n1)CCCNC2.Cl. The van der Waals surface area contributed by atoms with Gasteiger partial charge in [-0.2, -0.15) is 5.10 Å². The first-order valence-electron chi connectivity index (χ1n) is 9.67.